The van der Waals surface area contributed by atoms with Crippen molar-refractivity contribution in [3.8, 4) is 29.0 Å². The van der Waals surface area contributed by atoms with Gasteiger partial charge >= 0.3 is 6.01 Å². The molecule has 3 atom stereocenters. The van der Waals surface area contributed by atoms with Gasteiger partial charge in [0.2, 0.25) is 0 Å². The monoisotopic (exact) mass is 664 g/mol. The van der Waals surface area contributed by atoms with Crippen LogP contribution in [0.1, 0.15) is 31.7 Å². The molecule has 0 spiro atoms. The summed E-state index contributed by atoms with van der Waals surface area (Å²) >= 11 is 7.69. The van der Waals surface area contributed by atoms with E-state index < -0.39 is 42.4 Å². The molecule has 15 heteroatoms. The summed E-state index contributed by atoms with van der Waals surface area (Å²) in [5.41, 5.74) is 4.91. The van der Waals surface area contributed by atoms with E-state index in [9.17, 15) is 22.8 Å². The van der Waals surface area contributed by atoms with Crippen molar-refractivity contribution < 1.29 is 31.4 Å². The first-order valence-corrected chi connectivity index (χ1v) is 15.6. The molecule has 7 rings (SSSR count). The van der Waals surface area contributed by atoms with E-state index in [4.69, 9.17) is 26.8 Å². The topological polar surface area (TPSA) is 101 Å². The molecule has 4 aromatic rings. The van der Waals surface area contributed by atoms with Crippen LogP contribution in [0.25, 0.3) is 32.1 Å². The van der Waals surface area contributed by atoms with Crippen molar-refractivity contribution >= 4 is 54.7 Å². The third-order valence-electron chi connectivity index (χ3n) is 8.98. The number of halogens is 6. The third kappa shape index (κ3) is 4.70. The number of alkyl halides is 3. The second kappa shape index (κ2) is 11.0. The van der Waals surface area contributed by atoms with Crippen LogP contribution in [0, 0.1) is 23.0 Å². The number of fused-ring (bicyclic) bond motifs is 2. The van der Waals surface area contributed by atoms with Crippen LogP contribution in [-0.4, -0.2) is 71.9 Å². The summed E-state index contributed by atoms with van der Waals surface area (Å²) < 4.78 is 86.0. The zero-order valence-corrected chi connectivity index (χ0v) is 25.4. The molecule has 0 saturated carbocycles. The Morgan fingerprint density at radius 3 is 2.84 bits per heavy atom. The molecule has 0 amide bonds. The highest BCUT2D eigenvalue weighted by Crippen LogP contribution is 2.51. The summed E-state index contributed by atoms with van der Waals surface area (Å²) in [5, 5.41) is 9.68. The Balaban J connectivity index is 1.46. The fourth-order valence-electron chi connectivity index (χ4n) is 6.95. The summed E-state index contributed by atoms with van der Waals surface area (Å²) in [4.78, 5) is 12.2. The van der Waals surface area contributed by atoms with Crippen LogP contribution in [-0.2, 0) is 0 Å². The number of benzene rings is 2. The molecule has 236 valence electrons. The fourth-order valence-corrected chi connectivity index (χ4v) is 8.24. The highest BCUT2D eigenvalue weighted by atomic mass is 35.5. The second-order valence-corrected chi connectivity index (χ2v) is 13.1. The van der Waals surface area contributed by atoms with Crippen LogP contribution in [0.5, 0.6) is 11.8 Å². The number of nitrogens with zero attached hydrogens (tertiary/aromatic N) is 5. The average molecular weight is 665 g/mol. The molecule has 2 saturated heterocycles. The number of nitrogen functional groups attached to an aromatic ring is 1. The molecule has 3 aliphatic rings. The normalized spacial score (nSPS) is 23.0. The fraction of sp³-hybridized carbons (Fsp3) is 0.433. The van der Waals surface area contributed by atoms with Crippen LogP contribution in [0.2, 0.25) is 5.02 Å². The van der Waals surface area contributed by atoms with E-state index in [1.807, 2.05) is 11.0 Å². The maximum absolute atomic E-state index is 16.9. The lowest BCUT2D eigenvalue weighted by atomic mass is 9.95. The van der Waals surface area contributed by atoms with Crippen LogP contribution < -0.4 is 20.1 Å². The number of anilines is 2. The number of hydrogen-bond donors (Lipinski definition) is 1. The Morgan fingerprint density at radius 1 is 1.29 bits per heavy atom. The number of aromatic nitrogens is 2. The summed E-state index contributed by atoms with van der Waals surface area (Å²) in [6.07, 6.45) is -1.97. The van der Waals surface area contributed by atoms with Crippen molar-refractivity contribution in [2.24, 2.45) is 0 Å². The molecule has 0 bridgehead atoms. The summed E-state index contributed by atoms with van der Waals surface area (Å²) in [6, 6.07) is 3.44. The van der Waals surface area contributed by atoms with Crippen molar-refractivity contribution in [1.82, 2.24) is 14.9 Å². The molecule has 0 radical (unpaired) electrons. The van der Waals surface area contributed by atoms with E-state index in [0.717, 1.165) is 23.8 Å². The lowest BCUT2D eigenvalue weighted by Crippen LogP contribution is -2.43. The molecule has 5 heterocycles. The molecule has 2 N–H and O–H groups in total. The van der Waals surface area contributed by atoms with Crippen molar-refractivity contribution in [1.29, 1.82) is 5.26 Å². The Bertz CT molecular complexity index is 1900. The molecule has 3 aliphatic heterocycles. The van der Waals surface area contributed by atoms with Crippen molar-refractivity contribution in [3.63, 3.8) is 0 Å². The second-order valence-electron chi connectivity index (χ2n) is 11.7. The van der Waals surface area contributed by atoms with E-state index in [0.29, 0.717) is 13.0 Å². The Labute approximate surface area is 263 Å². The quantitative estimate of drug-likeness (QED) is 0.227. The van der Waals surface area contributed by atoms with Crippen molar-refractivity contribution in [3.05, 3.63) is 34.4 Å². The van der Waals surface area contributed by atoms with Crippen LogP contribution in [0.15, 0.2) is 12.1 Å². The molecule has 2 fully saturated rings. The number of rotatable bonds is 6. The van der Waals surface area contributed by atoms with E-state index in [1.165, 1.54) is 11.0 Å². The first kappa shape index (κ1) is 30.0. The van der Waals surface area contributed by atoms with Gasteiger partial charge in [-0.15, -0.1) is 11.3 Å². The number of nitrogens with two attached hydrogens (primary N) is 1. The van der Waals surface area contributed by atoms with Gasteiger partial charge in [-0.05, 0) is 37.9 Å². The first-order chi connectivity index (χ1) is 21.5. The number of thiophene rings is 1. The molecular weight excluding hydrogens is 639 g/mol. The summed E-state index contributed by atoms with van der Waals surface area (Å²) in [7, 11) is 0. The minimum Gasteiger partial charge on any atom is -0.489 e. The van der Waals surface area contributed by atoms with E-state index in [-0.39, 0.29) is 91.5 Å². The predicted octanol–water partition coefficient (Wildman–Crippen LogP) is 6.70. The van der Waals surface area contributed by atoms with Crippen LogP contribution in [0.4, 0.5) is 32.8 Å². The lowest BCUT2D eigenvalue weighted by molar-refractivity contribution is 0.107. The average Bonchev–Trinajstić information content (AvgIpc) is 3.61. The van der Waals surface area contributed by atoms with E-state index in [2.05, 4.69) is 9.97 Å². The van der Waals surface area contributed by atoms with Gasteiger partial charge in [0.25, 0.3) is 6.43 Å². The van der Waals surface area contributed by atoms with Crippen molar-refractivity contribution in [2.45, 2.75) is 50.4 Å². The summed E-state index contributed by atoms with van der Waals surface area (Å²) in [6.45, 7) is 1.83. The largest absolute Gasteiger partial charge is 0.489 e. The maximum atomic E-state index is 16.9. The third-order valence-corrected chi connectivity index (χ3v) is 10.4. The molecule has 8 nitrogen and oxygen atoms in total. The number of hydrogen-bond acceptors (Lipinski definition) is 9. The zero-order valence-electron chi connectivity index (χ0n) is 23.8. The van der Waals surface area contributed by atoms with Crippen LogP contribution in [0.3, 0.4) is 0 Å². The van der Waals surface area contributed by atoms with E-state index in [1.54, 1.807) is 6.92 Å². The van der Waals surface area contributed by atoms with Gasteiger partial charge in [0.15, 0.2) is 11.6 Å². The lowest BCUT2D eigenvalue weighted by Gasteiger charge is -2.31. The molecule has 2 aromatic carbocycles. The van der Waals surface area contributed by atoms with Crippen LogP contribution >= 0.6 is 22.9 Å². The zero-order chi connectivity index (χ0) is 31.8. The maximum Gasteiger partial charge on any atom is 0.319 e. The Hall–Kier alpha value is -3.67. The van der Waals surface area contributed by atoms with Gasteiger partial charge in [-0.2, -0.15) is 15.2 Å². The van der Waals surface area contributed by atoms with Gasteiger partial charge in [-0.3, -0.25) is 4.90 Å². The van der Waals surface area contributed by atoms with Crippen molar-refractivity contribution in [2.75, 3.05) is 43.5 Å². The highest BCUT2D eigenvalue weighted by Gasteiger charge is 2.49. The number of nitriles is 1. The standard InChI is InChI=1S/C30H26ClF5N6O2S/c1-13-11-43-25-21-24(23(36)20(22(25)31)15-3-4-17(33)26-19(15)16(8-37)27(38)45-26)39-29(40-28(21)42(13)10-18(34)35)44-12-30-5-2-6-41(30)9-14(32)7-30/h3-4,13-14,18H,2,5-7,9-12,38H2,1H3/t13?,14-,30+/m1/s1. The molecule has 0 aliphatic carbocycles. The Kier molecular flexibility index (Phi) is 7.33. The molecule has 2 aromatic heterocycles. The first-order valence-electron chi connectivity index (χ1n) is 14.4. The Morgan fingerprint density at radius 2 is 2.09 bits per heavy atom. The van der Waals surface area contributed by atoms with Gasteiger partial charge in [0.05, 0.1) is 38.8 Å². The minimum atomic E-state index is -2.77. The van der Waals surface area contributed by atoms with Gasteiger partial charge in [-0.25, -0.2) is 22.0 Å². The van der Waals surface area contributed by atoms with Gasteiger partial charge in [-0.1, -0.05) is 17.7 Å². The van der Waals surface area contributed by atoms with E-state index >= 15 is 4.39 Å². The predicted molar refractivity (Wildman–Crippen MR) is 161 cm³/mol. The highest BCUT2D eigenvalue weighted by molar-refractivity contribution is 7.23. The molecule has 45 heavy (non-hydrogen) atoms. The van der Waals surface area contributed by atoms with Gasteiger partial charge in [0, 0.05) is 23.9 Å². The minimum absolute atomic E-state index is 0.0203. The summed E-state index contributed by atoms with van der Waals surface area (Å²) in [5.74, 6) is -1.74. The number of ether oxygens (including phenoxy) is 2. The smallest absolute Gasteiger partial charge is 0.319 e. The van der Waals surface area contributed by atoms with Gasteiger partial charge in [0.1, 0.15) is 47.6 Å². The SMILES string of the molecule is CC1COc2c(Cl)c(-c3ccc(F)c4sc(N)c(C#N)c34)c(F)c3nc(OC[C@@]45CCCN4C[C@H](F)C5)nc(c23)N1CC(F)F. The molecular formula is C30H26ClF5N6O2S. The van der Waals surface area contributed by atoms with Gasteiger partial charge < -0.3 is 20.1 Å². The molecule has 1 unspecified atom stereocenters.